The second kappa shape index (κ2) is 4.42. The number of phenols is 2. The fourth-order valence-corrected chi connectivity index (χ4v) is 1.33. The van der Waals surface area contributed by atoms with Gasteiger partial charge < -0.3 is 14.9 Å². The van der Waals surface area contributed by atoms with Crippen molar-refractivity contribution >= 4 is 10.1 Å². The van der Waals surface area contributed by atoms with Gasteiger partial charge in [-0.05, 0) is 0 Å². The first-order chi connectivity index (χ1) is 8.37. The van der Waals surface area contributed by atoms with Crippen molar-refractivity contribution in [1.29, 1.82) is 0 Å². The lowest BCUT2D eigenvalue weighted by Crippen LogP contribution is -2.50. The van der Waals surface area contributed by atoms with Crippen molar-refractivity contribution in [2.75, 3.05) is 0 Å². The molecule has 0 aliphatic rings. The van der Waals surface area contributed by atoms with Crippen LogP contribution in [0.3, 0.4) is 0 Å². The summed E-state index contributed by atoms with van der Waals surface area (Å²) in [4.78, 5) is 0. The molecule has 11 heteroatoms. The zero-order chi connectivity index (χ0) is 15.1. The van der Waals surface area contributed by atoms with Gasteiger partial charge in [0, 0.05) is 18.2 Å². The molecule has 0 saturated heterocycles. The van der Waals surface area contributed by atoms with E-state index in [0.29, 0.717) is 18.2 Å². The minimum absolute atomic E-state index is 0.424. The maximum atomic E-state index is 13.0. The van der Waals surface area contributed by atoms with E-state index in [-0.39, 0.29) is 0 Å². The van der Waals surface area contributed by atoms with Gasteiger partial charge in [0.1, 0.15) is 17.2 Å². The molecule has 0 saturated carbocycles. The largest absolute Gasteiger partial charge is 0.508 e. The first kappa shape index (κ1) is 15.3. The van der Waals surface area contributed by atoms with Crippen LogP contribution < -0.4 is 4.74 Å². The number of alkyl halides is 4. The van der Waals surface area contributed by atoms with Crippen molar-refractivity contribution < 1.29 is 45.5 Å². The van der Waals surface area contributed by atoms with E-state index in [1.165, 1.54) is 0 Å². The lowest BCUT2D eigenvalue weighted by Gasteiger charge is -2.23. The van der Waals surface area contributed by atoms with Crippen LogP contribution in [0.2, 0.25) is 0 Å². The molecular formula is C8H6F4O6S. The van der Waals surface area contributed by atoms with E-state index >= 15 is 0 Å². The molecule has 0 fully saturated rings. The summed E-state index contributed by atoms with van der Waals surface area (Å²) < 4.78 is 83.2. The fraction of sp³-hybridized carbons (Fsp3) is 0.250. The molecule has 0 aliphatic heterocycles. The number of aromatic hydroxyl groups is 2. The van der Waals surface area contributed by atoms with Gasteiger partial charge in [-0.2, -0.15) is 26.0 Å². The van der Waals surface area contributed by atoms with Gasteiger partial charge in [-0.15, -0.1) is 0 Å². The molecule has 0 unspecified atom stereocenters. The van der Waals surface area contributed by atoms with Crippen LogP contribution in [0.4, 0.5) is 17.6 Å². The number of hydrogen-bond donors (Lipinski definition) is 3. The molecule has 0 heterocycles. The zero-order valence-electron chi connectivity index (χ0n) is 8.72. The van der Waals surface area contributed by atoms with Crippen molar-refractivity contribution in [3.8, 4) is 17.2 Å². The van der Waals surface area contributed by atoms with Crippen LogP contribution in [0.15, 0.2) is 18.2 Å². The Labute approximate surface area is 103 Å². The highest BCUT2D eigenvalue weighted by Crippen LogP contribution is 2.40. The predicted molar refractivity (Wildman–Crippen MR) is 51.8 cm³/mol. The van der Waals surface area contributed by atoms with E-state index in [0.717, 1.165) is 0 Å². The molecule has 3 N–H and O–H groups in total. The standard InChI is InChI=1S/C8H6F4O6S/c9-7(10,8(11,12)19(15,16)17)18-6-2-4(13)1-5(14)3-6/h1-3,13-14H,(H,15,16,17). The Hall–Kier alpha value is -1.75. The Kier molecular flexibility index (Phi) is 3.56. The molecule has 0 aromatic heterocycles. The maximum Gasteiger partial charge on any atom is 0.483 e. The van der Waals surface area contributed by atoms with E-state index in [9.17, 15) is 26.0 Å². The van der Waals surface area contributed by atoms with E-state index in [4.69, 9.17) is 14.8 Å². The summed E-state index contributed by atoms with van der Waals surface area (Å²) in [5, 5.41) is 11.9. The summed E-state index contributed by atoms with van der Waals surface area (Å²) in [6, 6.07) is 1.54. The van der Waals surface area contributed by atoms with Crippen LogP contribution in [0.5, 0.6) is 17.2 Å². The molecule has 0 spiro atoms. The molecule has 1 aromatic rings. The average Bonchev–Trinajstić information content (AvgIpc) is 2.12. The summed E-state index contributed by atoms with van der Waals surface area (Å²) in [5.41, 5.74) is 0. The average molecular weight is 306 g/mol. The van der Waals surface area contributed by atoms with E-state index in [1.807, 2.05) is 0 Å². The summed E-state index contributed by atoms with van der Waals surface area (Å²) in [7, 11) is -6.43. The number of halogens is 4. The molecule has 0 amide bonds. The monoisotopic (exact) mass is 306 g/mol. The fourth-order valence-electron chi connectivity index (χ4n) is 0.985. The van der Waals surface area contributed by atoms with Crippen LogP contribution in [0.1, 0.15) is 0 Å². The highest BCUT2D eigenvalue weighted by Gasteiger charge is 2.69. The van der Waals surface area contributed by atoms with E-state index in [2.05, 4.69) is 4.74 Å². The lowest BCUT2D eigenvalue weighted by atomic mass is 10.3. The van der Waals surface area contributed by atoms with Crippen molar-refractivity contribution in [1.82, 2.24) is 0 Å². The molecule has 108 valence electrons. The second-order valence-electron chi connectivity index (χ2n) is 3.30. The van der Waals surface area contributed by atoms with Crippen LogP contribution in [0, 0.1) is 0 Å². The number of phenolic OH excluding ortho intramolecular Hbond substituents is 2. The first-order valence-electron chi connectivity index (χ1n) is 4.31. The molecule has 1 rings (SSSR count). The summed E-state index contributed by atoms with van der Waals surface area (Å²) in [6.45, 7) is 0. The molecular weight excluding hydrogens is 300 g/mol. The van der Waals surface area contributed by atoms with Crippen molar-refractivity contribution in [2.45, 2.75) is 11.4 Å². The predicted octanol–water partition coefficient (Wildman–Crippen LogP) is 1.55. The van der Waals surface area contributed by atoms with Gasteiger partial charge >= 0.3 is 21.5 Å². The Morgan fingerprint density at radius 3 is 1.79 bits per heavy atom. The molecule has 19 heavy (non-hydrogen) atoms. The third-order valence-corrected chi connectivity index (χ3v) is 2.67. The minimum atomic E-state index is -6.43. The van der Waals surface area contributed by atoms with Gasteiger partial charge in [-0.1, -0.05) is 0 Å². The Morgan fingerprint density at radius 2 is 1.42 bits per heavy atom. The quantitative estimate of drug-likeness (QED) is 0.576. The third-order valence-electron chi connectivity index (χ3n) is 1.78. The summed E-state index contributed by atoms with van der Waals surface area (Å²) >= 11 is 0. The van der Waals surface area contributed by atoms with Gasteiger partial charge in [-0.3, -0.25) is 4.55 Å². The maximum absolute atomic E-state index is 13.0. The number of rotatable bonds is 4. The summed E-state index contributed by atoms with van der Waals surface area (Å²) in [6.07, 6.45) is -5.62. The highest BCUT2D eigenvalue weighted by atomic mass is 32.2. The topological polar surface area (TPSA) is 104 Å². The lowest BCUT2D eigenvalue weighted by molar-refractivity contribution is -0.274. The van der Waals surface area contributed by atoms with Gasteiger partial charge in [0.2, 0.25) is 0 Å². The second-order valence-corrected chi connectivity index (χ2v) is 4.76. The van der Waals surface area contributed by atoms with Crippen molar-refractivity contribution in [3.05, 3.63) is 18.2 Å². The Balaban J connectivity index is 3.16. The van der Waals surface area contributed by atoms with Crippen LogP contribution >= 0.6 is 0 Å². The number of ether oxygens (including phenoxy) is 1. The zero-order valence-corrected chi connectivity index (χ0v) is 9.54. The van der Waals surface area contributed by atoms with Crippen LogP contribution in [0.25, 0.3) is 0 Å². The van der Waals surface area contributed by atoms with E-state index in [1.54, 1.807) is 0 Å². The number of benzene rings is 1. The molecule has 0 atom stereocenters. The third kappa shape index (κ3) is 2.98. The molecule has 0 radical (unpaired) electrons. The number of hydrogen-bond acceptors (Lipinski definition) is 5. The Bertz CT molecular complexity index is 565. The minimum Gasteiger partial charge on any atom is -0.508 e. The van der Waals surface area contributed by atoms with Gasteiger partial charge in [-0.25, -0.2) is 0 Å². The molecule has 6 nitrogen and oxygen atoms in total. The van der Waals surface area contributed by atoms with Crippen LogP contribution in [-0.4, -0.2) is 34.5 Å². The Morgan fingerprint density at radius 1 is 1.00 bits per heavy atom. The van der Waals surface area contributed by atoms with Gasteiger partial charge in [0.15, 0.2) is 0 Å². The molecule has 0 bridgehead atoms. The van der Waals surface area contributed by atoms with E-state index < -0.39 is 38.7 Å². The SMILES string of the molecule is O=S(=O)(O)C(F)(F)C(F)(F)Oc1cc(O)cc(O)c1. The molecule has 1 aromatic carbocycles. The van der Waals surface area contributed by atoms with Crippen molar-refractivity contribution in [3.63, 3.8) is 0 Å². The highest BCUT2D eigenvalue weighted by molar-refractivity contribution is 7.86. The van der Waals surface area contributed by atoms with Gasteiger partial charge in [0.25, 0.3) is 0 Å². The van der Waals surface area contributed by atoms with Gasteiger partial charge in [0.05, 0.1) is 0 Å². The van der Waals surface area contributed by atoms with Crippen molar-refractivity contribution in [2.24, 2.45) is 0 Å². The van der Waals surface area contributed by atoms with Crippen LogP contribution in [-0.2, 0) is 10.1 Å². The first-order valence-corrected chi connectivity index (χ1v) is 5.75. The molecule has 0 aliphatic carbocycles. The normalized spacial score (nSPS) is 13.3. The smallest absolute Gasteiger partial charge is 0.483 e. The summed E-state index contributed by atoms with van der Waals surface area (Å²) in [5.74, 6) is -2.72.